The Balaban J connectivity index is 2.08. The van der Waals surface area contributed by atoms with Gasteiger partial charge in [0.05, 0.1) is 5.56 Å². The van der Waals surface area contributed by atoms with Gasteiger partial charge < -0.3 is 10.6 Å². The van der Waals surface area contributed by atoms with Crippen LogP contribution in [0.15, 0.2) is 11.4 Å². The molecule has 0 aromatic carbocycles. The molecule has 1 heterocycles. The van der Waals surface area contributed by atoms with Crippen LogP contribution < -0.4 is 10.6 Å². The molecule has 2 rings (SSSR count). The molecule has 1 aromatic rings. The molecular formula is C10H12N2O2S. The fourth-order valence-corrected chi connectivity index (χ4v) is 2.07. The van der Waals surface area contributed by atoms with E-state index in [1.54, 1.807) is 11.4 Å². The quantitative estimate of drug-likeness (QED) is 0.819. The zero-order valence-corrected chi connectivity index (χ0v) is 9.19. The maximum absolute atomic E-state index is 11.7. The Morgan fingerprint density at radius 3 is 2.80 bits per heavy atom. The molecule has 5 heteroatoms. The summed E-state index contributed by atoms with van der Waals surface area (Å²) in [5.74, 6) is -0.250. The van der Waals surface area contributed by atoms with Crippen molar-refractivity contribution < 1.29 is 9.59 Å². The molecule has 15 heavy (non-hydrogen) atoms. The summed E-state index contributed by atoms with van der Waals surface area (Å²) in [5, 5.41) is 7.96. The summed E-state index contributed by atoms with van der Waals surface area (Å²) in [6.45, 7) is 1.43. The molecule has 0 aliphatic heterocycles. The van der Waals surface area contributed by atoms with Crippen LogP contribution in [0, 0.1) is 0 Å². The Morgan fingerprint density at radius 2 is 2.20 bits per heavy atom. The molecule has 80 valence electrons. The molecule has 1 fully saturated rings. The summed E-state index contributed by atoms with van der Waals surface area (Å²) in [7, 11) is 0. The number of hydrogen-bond acceptors (Lipinski definition) is 3. The SMILES string of the molecule is CC(=O)Nc1sccc1C(=O)NC1CC1. The standard InChI is InChI=1S/C10H12N2O2S/c1-6(13)11-10-8(4-5-15-10)9(14)12-7-2-3-7/h4-5,7H,2-3H2,1H3,(H,11,13)(H,12,14). The number of carbonyl (C=O) groups is 2. The van der Waals surface area contributed by atoms with E-state index < -0.39 is 0 Å². The van der Waals surface area contributed by atoms with Gasteiger partial charge in [-0.05, 0) is 24.3 Å². The largest absolute Gasteiger partial charge is 0.349 e. The molecule has 0 bridgehead atoms. The summed E-state index contributed by atoms with van der Waals surface area (Å²) < 4.78 is 0. The van der Waals surface area contributed by atoms with Gasteiger partial charge in [-0.15, -0.1) is 11.3 Å². The van der Waals surface area contributed by atoms with Crippen molar-refractivity contribution in [3.63, 3.8) is 0 Å². The fourth-order valence-electron chi connectivity index (χ4n) is 1.24. The fraction of sp³-hybridized carbons (Fsp3) is 0.400. The number of rotatable bonds is 3. The van der Waals surface area contributed by atoms with E-state index in [2.05, 4.69) is 10.6 Å². The van der Waals surface area contributed by atoms with E-state index >= 15 is 0 Å². The number of anilines is 1. The summed E-state index contributed by atoms with van der Waals surface area (Å²) >= 11 is 1.36. The second-order valence-electron chi connectivity index (χ2n) is 3.59. The highest BCUT2D eigenvalue weighted by molar-refractivity contribution is 7.14. The van der Waals surface area contributed by atoms with E-state index in [9.17, 15) is 9.59 Å². The van der Waals surface area contributed by atoms with Crippen LogP contribution in [0.2, 0.25) is 0 Å². The van der Waals surface area contributed by atoms with Gasteiger partial charge in [0.15, 0.2) is 0 Å². The third-order valence-corrected chi connectivity index (χ3v) is 2.94. The molecule has 1 aliphatic carbocycles. The average Bonchev–Trinajstić information content (AvgIpc) is 2.83. The van der Waals surface area contributed by atoms with Crippen molar-refractivity contribution in [2.24, 2.45) is 0 Å². The van der Waals surface area contributed by atoms with Crippen LogP contribution in [0.1, 0.15) is 30.1 Å². The maximum atomic E-state index is 11.7. The van der Waals surface area contributed by atoms with Crippen molar-refractivity contribution in [3.05, 3.63) is 17.0 Å². The third kappa shape index (κ3) is 2.56. The van der Waals surface area contributed by atoms with E-state index in [1.165, 1.54) is 18.3 Å². The van der Waals surface area contributed by atoms with E-state index in [0.29, 0.717) is 16.6 Å². The predicted molar refractivity (Wildman–Crippen MR) is 59.1 cm³/mol. The van der Waals surface area contributed by atoms with Gasteiger partial charge >= 0.3 is 0 Å². The highest BCUT2D eigenvalue weighted by atomic mass is 32.1. The van der Waals surface area contributed by atoms with Crippen molar-refractivity contribution >= 4 is 28.2 Å². The minimum atomic E-state index is -0.155. The lowest BCUT2D eigenvalue weighted by Gasteiger charge is -2.04. The highest BCUT2D eigenvalue weighted by Crippen LogP contribution is 2.25. The normalized spacial score (nSPS) is 14.7. The van der Waals surface area contributed by atoms with Gasteiger partial charge in [0.2, 0.25) is 5.91 Å². The molecule has 1 saturated carbocycles. The Morgan fingerprint density at radius 1 is 1.47 bits per heavy atom. The van der Waals surface area contributed by atoms with Gasteiger partial charge in [0, 0.05) is 13.0 Å². The first-order chi connectivity index (χ1) is 7.16. The van der Waals surface area contributed by atoms with E-state index in [4.69, 9.17) is 0 Å². The smallest absolute Gasteiger partial charge is 0.254 e. The van der Waals surface area contributed by atoms with E-state index in [0.717, 1.165) is 12.8 Å². The molecule has 0 atom stereocenters. The molecule has 2 amide bonds. The lowest BCUT2D eigenvalue weighted by atomic mass is 10.3. The first-order valence-electron chi connectivity index (χ1n) is 4.83. The van der Waals surface area contributed by atoms with Crippen LogP contribution in [0.5, 0.6) is 0 Å². The Kier molecular flexibility index (Phi) is 2.73. The number of nitrogens with one attached hydrogen (secondary N) is 2. The van der Waals surface area contributed by atoms with Gasteiger partial charge in [-0.2, -0.15) is 0 Å². The van der Waals surface area contributed by atoms with Crippen LogP contribution >= 0.6 is 11.3 Å². The lowest BCUT2D eigenvalue weighted by molar-refractivity contribution is -0.114. The predicted octanol–water partition coefficient (Wildman–Crippen LogP) is 1.60. The second-order valence-corrected chi connectivity index (χ2v) is 4.51. The first-order valence-corrected chi connectivity index (χ1v) is 5.70. The van der Waals surface area contributed by atoms with E-state index in [1.807, 2.05) is 0 Å². The van der Waals surface area contributed by atoms with Crippen molar-refractivity contribution in [2.75, 3.05) is 5.32 Å². The summed E-state index contributed by atoms with van der Waals surface area (Å²) in [6.07, 6.45) is 2.12. The number of amides is 2. The number of carbonyl (C=O) groups excluding carboxylic acids is 2. The molecule has 4 nitrogen and oxygen atoms in total. The Hall–Kier alpha value is -1.36. The molecule has 0 unspecified atom stereocenters. The van der Waals surface area contributed by atoms with Crippen molar-refractivity contribution in [1.82, 2.24) is 5.32 Å². The first kappa shape index (κ1) is 10.2. The monoisotopic (exact) mass is 224 g/mol. The van der Waals surface area contributed by atoms with Crippen molar-refractivity contribution in [3.8, 4) is 0 Å². The van der Waals surface area contributed by atoms with Crippen LogP contribution in [-0.2, 0) is 4.79 Å². The molecule has 1 aromatic heterocycles. The topological polar surface area (TPSA) is 58.2 Å². The molecular weight excluding hydrogens is 212 g/mol. The molecule has 0 spiro atoms. The van der Waals surface area contributed by atoms with Crippen LogP contribution in [0.3, 0.4) is 0 Å². The van der Waals surface area contributed by atoms with Gasteiger partial charge in [0.25, 0.3) is 5.91 Å². The Labute approximate surface area is 91.7 Å². The second kappa shape index (κ2) is 4.02. The lowest BCUT2D eigenvalue weighted by Crippen LogP contribution is -2.25. The molecule has 0 radical (unpaired) electrons. The van der Waals surface area contributed by atoms with Crippen molar-refractivity contribution in [1.29, 1.82) is 0 Å². The summed E-state index contributed by atoms with van der Waals surface area (Å²) in [5.41, 5.74) is 0.558. The zero-order chi connectivity index (χ0) is 10.8. The van der Waals surface area contributed by atoms with Crippen LogP contribution in [0.4, 0.5) is 5.00 Å². The molecule has 1 aliphatic rings. The summed E-state index contributed by atoms with van der Waals surface area (Å²) in [4.78, 5) is 22.6. The minimum Gasteiger partial charge on any atom is -0.349 e. The van der Waals surface area contributed by atoms with Crippen LogP contribution in [0.25, 0.3) is 0 Å². The van der Waals surface area contributed by atoms with Gasteiger partial charge in [-0.1, -0.05) is 0 Å². The number of hydrogen-bond donors (Lipinski definition) is 2. The van der Waals surface area contributed by atoms with Gasteiger partial charge in [-0.25, -0.2) is 0 Å². The maximum Gasteiger partial charge on any atom is 0.254 e. The van der Waals surface area contributed by atoms with Gasteiger partial charge in [0.1, 0.15) is 5.00 Å². The Bertz CT molecular complexity index is 396. The number of thiophene rings is 1. The zero-order valence-electron chi connectivity index (χ0n) is 8.37. The minimum absolute atomic E-state index is 0.0949. The molecule has 2 N–H and O–H groups in total. The molecule has 0 saturated heterocycles. The third-order valence-electron chi connectivity index (χ3n) is 2.11. The van der Waals surface area contributed by atoms with Crippen molar-refractivity contribution in [2.45, 2.75) is 25.8 Å². The average molecular weight is 224 g/mol. The highest BCUT2D eigenvalue weighted by Gasteiger charge is 2.25. The van der Waals surface area contributed by atoms with Crippen LogP contribution in [-0.4, -0.2) is 17.9 Å². The summed E-state index contributed by atoms with van der Waals surface area (Å²) in [6, 6.07) is 2.07. The van der Waals surface area contributed by atoms with Gasteiger partial charge in [-0.3, -0.25) is 9.59 Å². The van der Waals surface area contributed by atoms with E-state index in [-0.39, 0.29) is 11.8 Å².